The van der Waals surface area contributed by atoms with Crippen LogP contribution in [0.15, 0.2) is 53.1 Å². The molecule has 2 aliphatic heterocycles. The molecule has 9 heteroatoms. The number of aryl methyl sites for hydroxylation is 1. The third-order valence-corrected chi connectivity index (χ3v) is 7.34. The first-order valence-corrected chi connectivity index (χ1v) is 12.4. The van der Waals surface area contributed by atoms with Crippen molar-refractivity contribution in [3.8, 4) is 0 Å². The molecule has 178 valence electrons. The number of aromatic nitrogens is 3. The third-order valence-electron chi connectivity index (χ3n) is 7.34. The molecule has 3 N–H and O–H groups in total. The van der Waals surface area contributed by atoms with E-state index in [0.717, 1.165) is 36.8 Å². The SMILES string of the molecule is O=C(CCCc1nnc2n1C1CCCCC1C1NC(c3ccccc3)NN21)NCc1ccco1. The molecule has 0 bridgehead atoms. The summed E-state index contributed by atoms with van der Waals surface area (Å²) in [6, 6.07) is 14.6. The van der Waals surface area contributed by atoms with E-state index in [1.165, 1.54) is 24.8 Å². The summed E-state index contributed by atoms with van der Waals surface area (Å²) in [6.45, 7) is 0.424. The van der Waals surface area contributed by atoms with Gasteiger partial charge in [-0.25, -0.2) is 5.43 Å². The molecule has 4 atom stereocenters. The quantitative estimate of drug-likeness (QED) is 0.497. The van der Waals surface area contributed by atoms with E-state index in [1.807, 2.05) is 18.2 Å². The number of amides is 1. The Morgan fingerprint density at radius 2 is 2.00 bits per heavy atom. The summed E-state index contributed by atoms with van der Waals surface area (Å²) >= 11 is 0. The molecule has 2 aromatic heterocycles. The number of rotatable bonds is 7. The van der Waals surface area contributed by atoms with Crippen LogP contribution >= 0.6 is 0 Å². The van der Waals surface area contributed by atoms with Crippen molar-refractivity contribution in [3.63, 3.8) is 0 Å². The summed E-state index contributed by atoms with van der Waals surface area (Å²) < 4.78 is 7.63. The van der Waals surface area contributed by atoms with Gasteiger partial charge in [-0.2, -0.15) is 0 Å². The van der Waals surface area contributed by atoms with Crippen molar-refractivity contribution in [2.45, 2.75) is 69.9 Å². The van der Waals surface area contributed by atoms with Crippen molar-refractivity contribution in [2.75, 3.05) is 5.01 Å². The van der Waals surface area contributed by atoms with Crippen molar-refractivity contribution in [2.24, 2.45) is 5.92 Å². The molecule has 3 aromatic rings. The summed E-state index contributed by atoms with van der Waals surface area (Å²) in [5, 5.41) is 18.1. The Morgan fingerprint density at radius 3 is 2.85 bits per heavy atom. The van der Waals surface area contributed by atoms with E-state index < -0.39 is 0 Å². The number of carbonyl (C=O) groups is 1. The molecule has 0 spiro atoms. The van der Waals surface area contributed by atoms with E-state index in [9.17, 15) is 4.79 Å². The average Bonchev–Trinajstić information content (AvgIpc) is 3.63. The Hall–Kier alpha value is -3.17. The van der Waals surface area contributed by atoms with Crippen LogP contribution in [0, 0.1) is 5.92 Å². The summed E-state index contributed by atoms with van der Waals surface area (Å²) in [5.74, 6) is 3.15. The number of furan rings is 1. The van der Waals surface area contributed by atoms with Gasteiger partial charge < -0.3 is 9.73 Å². The lowest BCUT2D eigenvalue weighted by Gasteiger charge is -2.44. The summed E-state index contributed by atoms with van der Waals surface area (Å²) in [5.41, 5.74) is 4.86. The van der Waals surface area contributed by atoms with Crippen molar-refractivity contribution in [3.05, 3.63) is 65.9 Å². The summed E-state index contributed by atoms with van der Waals surface area (Å²) in [6.07, 6.45) is 8.63. The molecule has 1 aromatic carbocycles. The van der Waals surface area contributed by atoms with Crippen LogP contribution in [-0.4, -0.2) is 26.8 Å². The van der Waals surface area contributed by atoms with E-state index in [0.29, 0.717) is 24.9 Å². The number of carbonyl (C=O) groups excluding carboxylic acids is 1. The van der Waals surface area contributed by atoms with Crippen LogP contribution in [0.25, 0.3) is 0 Å². The van der Waals surface area contributed by atoms with Crippen LogP contribution in [0.1, 0.15) is 67.9 Å². The lowest BCUT2D eigenvalue weighted by Crippen LogP contribution is -2.53. The van der Waals surface area contributed by atoms with Gasteiger partial charge in [0.05, 0.1) is 12.8 Å². The summed E-state index contributed by atoms with van der Waals surface area (Å²) in [4.78, 5) is 12.3. The molecule has 1 saturated heterocycles. The second kappa shape index (κ2) is 9.23. The second-order valence-electron chi connectivity index (χ2n) is 9.47. The molecule has 1 saturated carbocycles. The standard InChI is InChI=1S/C25H31N7O2/c33-22(26-16-18-10-7-15-34-18)14-6-13-21-28-29-25-31(21)20-12-5-4-11-19(20)24-27-23(30-32(24)25)17-8-2-1-3-9-17/h1-3,7-10,15,19-20,23-24,27,30H,4-6,11-14,16H2,(H,26,33). The van der Waals surface area contributed by atoms with Crippen LogP contribution in [0.4, 0.5) is 5.95 Å². The number of nitrogens with zero attached hydrogens (tertiary/aromatic N) is 4. The van der Waals surface area contributed by atoms with E-state index in [4.69, 9.17) is 4.42 Å². The van der Waals surface area contributed by atoms with Crippen LogP contribution in [0.2, 0.25) is 0 Å². The molecular weight excluding hydrogens is 430 g/mol. The van der Waals surface area contributed by atoms with Crippen molar-refractivity contribution >= 4 is 11.9 Å². The average molecular weight is 462 g/mol. The van der Waals surface area contributed by atoms with Crippen molar-refractivity contribution in [1.29, 1.82) is 0 Å². The van der Waals surface area contributed by atoms with Crippen LogP contribution in [0.3, 0.4) is 0 Å². The van der Waals surface area contributed by atoms with E-state index in [-0.39, 0.29) is 18.2 Å². The molecule has 4 unspecified atom stereocenters. The number of hydrogen-bond donors (Lipinski definition) is 3. The summed E-state index contributed by atoms with van der Waals surface area (Å²) in [7, 11) is 0. The fraction of sp³-hybridized carbons (Fsp3) is 0.480. The van der Waals surface area contributed by atoms with Crippen LogP contribution in [0.5, 0.6) is 0 Å². The normalized spacial score (nSPS) is 25.5. The molecule has 2 fully saturated rings. The highest BCUT2D eigenvalue weighted by Gasteiger charge is 2.48. The molecule has 9 nitrogen and oxygen atoms in total. The Morgan fingerprint density at radius 1 is 1.12 bits per heavy atom. The van der Waals surface area contributed by atoms with Gasteiger partial charge in [-0.05, 0) is 37.0 Å². The lowest BCUT2D eigenvalue weighted by molar-refractivity contribution is -0.121. The van der Waals surface area contributed by atoms with Gasteiger partial charge in [0.1, 0.15) is 23.9 Å². The minimum absolute atomic E-state index is 0.0292. The predicted octanol–water partition coefficient (Wildman–Crippen LogP) is 3.19. The maximum absolute atomic E-state index is 12.3. The molecule has 34 heavy (non-hydrogen) atoms. The zero-order chi connectivity index (χ0) is 22.9. The smallest absolute Gasteiger partial charge is 0.243 e. The highest BCUT2D eigenvalue weighted by atomic mass is 16.3. The molecule has 6 rings (SSSR count). The van der Waals surface area contributed by atoms with Gasteiger partial charge in [-0.3, -0.25) is 19.7 Å². The monoisotopic (exact) mass is 461 g/mol. The molecule has 4 heterocycles. The number of nitrogens with one attached hydrogen (secondary N) is 3. The topological polar surface area (TPSA) is 100 Å². The largest absolute Gasteiger partial charge is 0.467 e. The second-order valence-corrected chi connectivity index (χ2v) is 9.47. The Kier molecular flexibility index (Phi) is 5.80. The zero-order valence-electron chi connectivity index (χ0n) is 19.2. The number of benzene rings is 1. The zero-order valence-corrected chi connectivity index (χ0v) is 19.2. The van der Waals surface area contributed by atoms with Gasteiger partial charge in [0, 0.05) is 24.8 Å². The van der Waals surface area contributed by atoms with Crippen molar-refractivity contribution < 1.29 is 9.21 Å². The Labute approximate surface area is 198 Å². The first-order valence-electron chi connectivity index (χ1n) is 12.4. The number of hydrazine groups is 1. The van der Waals surface area contributed by atoms with Crippen molar-refractivity contribution in [1.82, 2.24) is 30.8 Å². The maximum atomic E-state index is 12.3. The van der Waals surface area contributed by atoms with Crippen LogP contribution in [-0.2, 0) is 17.8 Å². The number of fused-ring (bicyclic) bond motifs is 6. The molecular formula is C25H31N7O2. The van der Waals surface area contributed by atoms with Gasteiger partial charge in [0.15, 0.2) is 0 Å². The minimum atomic E-state index is 0.0292. The Bertz CT molecular complexity index is 1110. The fourth-order valence-electron chi connectivity index (χ4n) is 5.73. The highest BCUT2D eigenvalue weighted by Crippen LogP contribution is 2.45. The van der Waals surface area contributed by atoms with Gasteiger partial charge in [0.25, 0.3) is 0 Å². The number of hydrogen-bond acceptors (Lipinski definition) is 7. The Balaban J connectivity index is 1.16. The maximum Gasteiger partial charge on any atom is 0.243 e. The highest BCUT2D eigenvalue weighted by molar-refractivity contribution is 5.75. The van der Waals surface area contributed by atoms with E-state index in [1.54, 1.807) is 6.26 Å². The first-order chi connectivity index (χ1) is 16.8. The van der Waals surface area contributed by atoms with Gasteiger partial charge >= 0.3 is 0 Å². The fourth-order valence-corrected chi connectivity index (χ4v) is 5.73. The van der Waals surface area contributed by atoms with Gasteiger partial charge in [0.2, 0.25) is 11.9 Å². The molecule has 3 aliphatic rings. The van der Waals surface area contributed by atoms with Crippen LogP contribution < -0.4 is 21.1 Å². The third kappa shape index (κ3) is 3.99. The number of anilines is 1. The molecule has 1 amide bonds. The minimum Gasteiger partial charge on any atom is -0.467 e. The van der Waals surface area contributed by atoms with E-state index in [2.05, 4.69) is 60.1 Å². The van der Waals surface area contributed by atoms with Gasteiger partial charge in [-0.1, -0.05) is 43.2 Å². The van der Waals surface area contributed by atoms with E-state index >= 15 is 0 Å². The van der Waals surface area contributed by atoms with Gasteiger partial charge in [-0.15, -0.1) is 10.2 Å². The lowest BCUT2D eigenvalue weighted by atomic mass is 9.81. The predicted molar refractivity (Wildman–Crippen MR) is 126 cm³/mol. The molecule has 1 aliphatic carbocycles. The molecule has 0 radical (unpaired) electrons. The first kappa shape index (κ1) is 21.4.